The Hall–Kier alpha value is -2.07. The number of ether oxygens (including phenoxy) is 2. The Kier molecular flexibility index (Phi) is 4.36. The molecule has 0 aromatic heterocycles. The van der Waals surface area contributed by atoms with E-state index in [4.69, 9.17) is 15.2 Å². The van der Waals surface area contributed by atoms with Gasteiger partial charge in [0.2, 0.25) is 0 Å². The topological polar surface area (TPSA) is 44.5 Å². The van der Waals surface area contributed by atoms with Gasteiger partial charge in [0, 0.05) is 12.1 Å². The van der Waals surface area contributed by atoms with E-state index in [0.717, 1.165) is 17.1 Å². The highest BCUT2D eigenvalue weighted by atomic mass is 19.1. The van der Waals surface area contributed by atoms with Gasteiger partial charge in [-0.3, -0.25) is 0 Å². The quantitative estimate of drug-likeness (QED) is 0.900. The highest BCUT2D eigenvalue weighted by Crippen LogP contribution is 2.19. The molecule has 0 atom stereocenters. The standard InChI is InChI=1S/C15H16FNO2/c1-18-13-3-5-14(6-4-13)19-10-11-2-7-15(16)12(8-11)9-17/h2-8H,9-10,17H2,1H3. The van der Waals surface area contributed by atoms with Crippen molar-refractivity contribution in [3.8, 4) is 11.5 Å². The lowest BCUT2D eigenvalue weighted by atomic mass is 10.1. The van der Waals surface area contributed by atoms with E-state index in [0.29, 0.717) is 12.2 Å². The van der Waals surface area contributed by atoms with Crippen LogP contribution in [0.15, 0.2) is 42.5 Å². The molecule has 0 radical (unpaired) electrons. The second-order valence-electron chi connectivity index (χ2n) is 4.09. The molecule has 0 saturated carbocycles. The highest BCUT2D eigenvalue weighted by Gasteiger charge is 2.03. The van der Waals surface area contributed by atoms with Gasteiger partial charge in [0.1, 0.15) is 23.9 Å². The number of rotatable bonds is 5. The summed E-state index contributed by atoms with van der Waals surface area (Å²) in [5.41, 5.74) is 6.85. The number of nitrogens with two attached hydrogens (primary N) is 1. The summed E-state index contributed by atoms with van der Waals surface area (Å²) in [5.74, 6) is 1.23. The van der Waals surface area contributed by atoms with Crippen molar-refractivity contribution in [3.63, 3.8) is 0 Å². The van der Waals surface area contributed by atoms with Crippen molar-refractivity contribution in [2.45, 2.75) is 13.2 Å². The van der Waals surface area contributed by atoms with Crippen LogP contribution in [0.5, 0.6) is 11.5 Å². The van der Waals surface area contributed by atoms with Crippen LogP contribution in [0.25, 0.3) is 0 Å². The lowest BCUT2D eigenvalue weighted by molar-refractivity contribution is 0.305. The van der Waals surface area contributed by atoms with Crippen molar-refractivity contribution in [3.05, 3.63) is 59.4 Å². The fourth-order valence-electron chi connectivity index (χ4n) is 1.71. The molecule has 2 aromatic rings. The number of hydrogen-bond donors (Lipinski definition) is 1. The second kappa shape index (κ2) is 6.20. The maximum atomic E-state index is 13.3. The van der Waals surface area contributed by atoms with E-state index in [1.165, 1.54) is 6.07 Å². The third-order valence-corrected chi connectivity index (χ3v) is 2.79. The van der Waals surface area contributed by atoms with Crippen LogP contribution in [0.1, 0.15) is 11.1 Å². The molecular formula is C15H16FNO2. The fraction of sp³-hybridized carbons (Fsp3) is 0.200. The van der Waals surface area contributed by atoms with E-state index in [1.807, 2.05) is 24.3 Å². The van der Waals surface area contributed by atoms with Crippen molar-refractivity contribution < 1.29 is 13.9 Å². The minimum atomic E-state index is -0.282. The predicted octanol–water partition coefficient (Wildman–Crippen LogP) is 2.87. The molecule has 0 fully saturated rings. The summed E-state index contributed by atoms with van der Waals surface area (Å²) in [6, 6.07) is 12.1. The molecule has 2 aromatic carbocycles. The smallest absolute Gasteiger partial charge is 0.127 e. The van der Waals surface area contributed by atoms with Gasteiger partial charge in [-0.2, -0.15) is 0 Å². The number of methoxy groups -OCH3 is 1. The predicted molar refractivity (Wildman–Crippen MR) is 71.6 cm³/mol. The van der Waals surface area contributed by atoms with E-state index >= 15 is 0 Å². The molecule has 0 bridgehead atoms. The van der Waals surface area contributed by atoms with E-state index in [9.17, 15) is 4.39 Å². The van der Waals surface area contributed by atoms with Crippen molar-refractivity contribution in [1.29, 1.82) is 0 Å². The average molecular weight is 261 g/mol. The molecule has 0 saturated heterocycles. The second-order valence-corrected chi connectivity index (χ2v) is 4.09. The molecule has 2 rings (SSSR count). The van der Waals surface area contributed by atoms with E-state index in [1.54, 1.807) is 19.2 Å². The molecule has 19 heavy (non-hydrogen) atoms. The molecule has 3 nitrogen and oxygen atoms in total. The Balaban J connectivity index is 2.01. The number of benzene rings is 2. The zero-order valence-electron chi connectivity index (χ0n) is 10.7. The molecule has 4 heteroatoms. The molecule has 0 unspecified atom stereocenters. The molecule has 0 aliphatic rings. The summed E-state index contributed by atoms with van der Waals surface area (Å²) < 4.78 is 24.0. The first kappa shape index (κ1) is 13.4. The van der Waals surface area contributed by atoms with Gasteiger partial charge in [0.25, 0.3) is 0 Å². The van der Waals surface area contributed by atoms with Crippen LogP contribution in [0.4, 0.5) is 4.39 Å². The molecule has 100 valence electrons. The zero-order valence-corrected chi connectivity index (χ0v) is 10.7. The molecule has 2 N–H and O–H groups in total. The summed E-state index contributed by atoms with van der Waals surface area (Å²) in [5, 5.41) is 0. The highest BCUT2D eigenvalue weighted by molar-refractivity contribution is 5.31. The Labute approximate surface area is 111 Å². The van der Waals surface area contributed by atoms with Gasteiger partial charge in [-0.15, -0.1) is 0 Å². The molecular weight excluding hydrogens is 245 g/mol. The largest absolute Gasteiger partial charge is 0.497 e. The summed E-state index contributed by atoms with van der Waals surface area (Å²) in [4.78, 5) is 0. The fourth-order valence-corrected chi connectivity index (χ4v) is 1.71. The van der Waals surface area contributed by atoms with E-state index in [-0.39, 0.29) is 12.4 Å². The van der Waals surface area contributed by atoms with Crippen LogP contribution in [0.2, 0.25) is 0 Å². The summed E-state index contributed by atoms with van der Waals surface area (Å²) in [7, 11) is 1.61. The Morgan fingerprint density at radius 2 is 1.74 bits per heavy atom. The third-order valence-electron chi connectivity index (χ3n) is 2.79. The minimum Gasteiger partial charge on any atom is -0.497 e. The number of halogens is 1. The maximum Gasteiger partial charge on any atom is 0.127 e. The first-order valence-electron chi connectivity index (χ1n) is 5.97. The van der Waals surface area contributed by atoms with Crippen LogP contribution in [0.3, 0.4) is 0 Å². The normalized spacial score (nSPS) is 10.3. The van der Waals surface area contributed by atoms with E-state index in [2.05, 4.69) is 0 Å². The lowest BCUT2D eigenvalue weighted by Gasteiger charge is -2.08. The molecule has 0 spiro atoms. The van der Waals surface area contributed by atoms with Gasteiger partial charge in [0.05, 0.1) is 7.11 Å². The Bertz CT molecular complexity index is 540. The first-order chi connectivity index (χ1) is 9.22. The van der Waals surface area contributed by atoms with Gasteiger partial charge in [-0.1, -0.05) is 6.07 Å². The molecule has 0 aliphatic carbocycles. The van der Waals surface area contributed by atoms with Gasteiger partial charge < -0.3 is 15.2 Å². The minimum absolute atomic E-state index is 0.183. The monoisotopic (exact) mass is 261 g/mol. The lowest BCUT2D eigenvalue weighted by Crippen LogP contribution is -2.02. The van der Waals surface area contributed by atoms with Crippen molar-refractivity contribution in [2.24, 2.45) is 5.73 Å². The van der Waals surface area contributed by atoms with Crippen LogP contribution in [0, 0.1) is 5.82 Å². The Morgan fingerprint density at radius 1 is 1.05 bits per heavy atom. The van der Waals surface area contributed by atoms with Crippen molar-refractivity contribution >= 4 is 0 Å². The molecule has 0 heterocycles. The average Bonchev–Trinajstić information content (AvgIpc) is 2.47. The maximum absolute atomic E-state index is 13.3. The first-order valence-corrected chi connectivity index (χ1v) is 5.97. The number of hydrogen-bond acceptors (Lipinski definition) is 3. The van der Waals surface area contributed by atoms with Gasteiger partial charge in [-0.25, -0.2) is 4.39 Å². The molecule has 0 amide bonds. The van der Waals surface area contributed by atoms with Crippen LogP contribution in [-0.2, 0) is 13.2 Å². The van der Waals surface area contributed by atoms with Gasteiger partial charge in [-0.05, 0) is 42.0 Å². The van der Waals surface area contributed by atoms with Crippen molar-refractivity contribution in [2.75, 3.05) is 7.11 Å². The SMILES string of the molecule is COc1ccc(OCc2ccc(F)c(CN)c2)cc1. The van der Waals surface area contributed by atoms with Crippen LogP contribution >= 0.6 is 0 Å². The zero-order chi connectivity index (χ0) is 13.7. The van der Waals surface area contributed by atoms with Crippen molar-refractivity contribution in [1.82, 2.24) is 0 Å². The summed E-state index contributed by atoms with van der Waals surface area (Å²) >= 11 is 0. The van der Waals surface area contributed by atoms with Crippen LogP contribution < -0.4 is 15.2 Å². The molecule has 0 aliphatic heterocycles. The van der Waals surface area contributed by atoms with Crippen LogP contribution in [-0.4, -0.2) is 7.11 Å². The van der Waals surface area contributed by atoms with Gasteiger partial charge in [0.15, 0.2) is 0 Å². The third kappa shape index (κ3) is 3.45. The summed E-state index contributed by atoms with van der Waals surface area (Å²) in [6.07, 6.45) is 0. The summed E-state index contributed by atoms with van der Waals surface area (Å²) in [6.45, 7) is 0.557. The Morgan fingerprint density at radius 3 is 2.37 bits per heavy atom. The van der Waals surface area contributed by atoms with Gasteiger partial charge >= 0.3 is 0 Å². The van der Waals surface area contributed by atoms with E-state index < -0.39 is 0 Å².